The van der Waals surface area contributed by atoms with Crippen LogP contribution in [-0.4, -0.2) is 18.2 Å². The highest BCUT2D eigenvalue weighted by atomic mass is 19.1. The van der Waals surface area contributed by atoms with E-state index < -0.39 is 0 Å². The Kier molecular flexibility index (Phi) is 4.37. The average Bonchev–Trinajstić information content (AvgIpc) is 2.48. The van der Waals surface area contributed by atoms with Gasteiger partial charge in [0.15, 0.2) is 0 Å². The Bertz CT molecular complexity index is 420. The molecule has 0 radical (unpaired) electrons. The Morgan fingerprint density at radius 1 is 1.15 bits per heavy atom. The maximum absolute atomic E-state index is 12.9. The van der Waals surface area contributed by atoms with Gasteiger partial charge in [0.25, 0.3) is 0 Å². The van der Waals surface area contributed by atoms with Gasteiger partial charge in [-0.1, -0.05) is 31.4 Å². The minimum Gasteiger partial charge on any atom is -0.375 e. The molecule has 0 bridgehead atoms. The van der Waals surface area contributed by atoms with Crippen LogP contribution in [0.3, 0.4) is 0 Å². The standard InChI is InChI=1S/C17H24FNO/c18-15-6-4-14(5-7-15)13-19-16-8-11-20-17(12-16)9-2-1-3-10-17/h4-7,16,19H,1-3,8-13H2. The monoisotopic (exact) mass is 277 g/mol. The zero-order valence-corrected chi connectivity index (χ0v) is 12.0. The topological polar surface area (TPSA) is 21.3 Å². The van der Waals surface area contributed by atoms with Crippen molar-refractivity contribution in [1.29, 1.82) is 0 Å². The highest BCUT2D eigenvalue weighted by molar-refractivity contribution is 5.15. The van der Waals surface area contributed by atoms with Gasteiger partial charge < -0.3 is 10.1 Å². The molecular weight excluding hydrogens is 253 g/mol. The molecule has 1 heterocycles. The first kappa shape index (κ1) is 14.0. The van der Waals surface area contributed by atoms with E-state index in [-0.39, 0.29) is 11.4 Å². The first-order valence-electron chi connectivity index (χ1n) is 7.88. The molecule has 1 spiro atoms. The molecule has 1 aliphatic heterocycles. The van der Waals surface area contributed by atoms with Gasteiger partial charge >= 0.3 is 0 Å². The van der Waals surface area contributed by atoms with E-state index in [1.807, 2.05) is 12.1 Å². The van der Waals surface area contributed by atoms with Crippen LogP contribution < -0.4 is 5.32 Å². The highest BCUT2D eigenvalue weighted by Crippen LogP contribution is 2.38. The second-order valence-electron chi connectivity index (χ2n) is 6.29. The summed E-state index contributed by atoms with van der Waals surface area (Å²) in [6.07, 6.45) is 8.65. The van der Waals surface area contributed by atoms with Crippen LogP contribution in [0.4, 0.5) is 4.39 Å². The normalized spacial score (nSPS) is 25.8. The molecule has 2 nitrogen and oxygen atoms in total. The number of hydrogen-bond donors (Lipinski definition) is 1. The third-order valence-corrected chi connectivity index (χ3v) is 4.77. The second kappa shape index (κ2) is 6.23. The Hall–Kier alpha value is -0.930. The van der Waals surface area contributed by atoms with E-state index in [1.54, 1.807) is 0 Å². The largest absolute Gasteiger partial charge is 0.375 e. The molecule has 1 aromatic carbocycles. The Labute approximate surface area is 120 Å². The fourth-order valence-electron chi connectivity index (χ4n) is 3.61. The lowest BCUT2D eigenvalue weighted by molar-refractivity contribution is -0.109. The molecule has 20 heavy (non-hydrogen) atoms. The van der Waals surface area contributed by atoms with Crippen LogP contribution in [0.1, 0.15) is 50.5 Å². The molecule has 3 heteroatoms. The van der Waals surface area contributed by atoms with Crippen molar-refractivity contribution in [2.75, 3.05) is 6.61 Å². The SMILES string of the molecule is Fc1ccc(CNC2CCOC3(CCCCC3)C2)cc1. The van der Waals surface area contributed by atoms with Crippen LogP contribution in [-0.2, 0) is 11.3 Å². The van der Waals surface area contributed by atoms with Crippen molar-refractivity contribution in [2.24, 2.45) is 0 Å². The van der Waals surface area contributed by atoms with E-state index in [1.165, 1.54) is 44.2 Å². The summed E-state index contributed by atoms with van der Waals surface area (Å²) in [4.78, 5) is 0. The summed E-state index contributed by atoms with van der Waals surface area (Å²) in [5, 5.41) is 3.63. The molecule has 0 aromatic heterocycles. The van der Waals surface area contributed by atoms with Crippen molar-refractivity contribution in [1.82, 2.24) is 5.32 Å². The molecule has 2 fully saturated rings. The lowest BCUT2D eigenvalue weighted by Gasteiger charge is -2.43. The zero-order chi connectivity index (χ0) is 13.8. The van der Waals surface area contributed by atoms with Crippen LogP contribution in [0.15, 0.2) is 24.3 Å². The molecule has 110 valence electrons. The summed E-state index contributed by atoms with van der Waals surface area (Å²) in [5.74, 6) is -0.166. The molecule has 2 aliphatic rings. The number of nitrogens with one attached hydrogen (secondary N) is 1. The molecule has 1 aliphatic carbocycles. The van der Waals surface area contributed by atoms with E-state index in [4.69, 9.17) is 4.74 Å². The van der Waals surface area contributed by atoms with Crippen molar-refractivity contribution in [2.45, 2.75) is 63.1 Å². The van der Waals surface area contributed by atoms with E-state index in [0.29, 0.717) is 6.04 Å². The predicted octanol–water partition coefficient (Wildman–Crippen LogP) is 3.80. The summed E-state index contributed by atoms with van der Waals surface area (Å²) in [6.45, 7) is 1.70. The first-order chi connectivity index (χ1) is 9.76. The van der Waals surface area contributed by atoms with Crippen LogP contribution in [0.25, 0.3) is 0 Å². The molecule has 1 aromatic rings. The maximum atomic E-state index is 12.9. The third kappa shape index (κ3) is 3.39. The number of benzene rings is 1. The van der Waals surface area contributed by atoms with Crippen LogP contribution in [0, 0.1) is 5.82 Å². The van der Waals surface area contributed by atoms with Crippen molar-refractivity contribution in [3.63, 3.8) is 0 Å². The van der Waals surface area contributed by atoms with Gasteiger partial charge in [0.1, 0.15) is 5.82 Å². The molecule has 1 N–H and O–H groups in total. The number of hydrogen-bond acceptors (Lipinski definition) is 2. The average molecular weight is 277 g/mol. The third-order valence-electron chi connectivity index (χ3n) is 4.77. The van der Waals surface area contributed by atoms with Gasteiger partial charge in [-0.3, -0.25) is 0 Å². The van der Waals surface area contributed by atoms with E-state index in [2.05, 4.69) is 5.32 Å². The van der Waals surface area contributed by atoms with Crippen molar-refractivity contribution in [3.05, 3.63) is 35.6 Å². The lowest BCUT2D eigenvalue weighted by Crippen LogP contribution is -2.47. The highest BCUT2D eigenvalue weighted by Gasteiger charge is 2.38. The molecule has 0 amide bonds. The van der Waals surface area contributed by atoms with Crippen molar-refractivity contribution in [3.8, 4) is 0 Å². The summed E-state index contributed by atoms with van der Waals surface area (Å²) in [6, 6.07) is 7.32. The van der Waals surface area contributed by atoms with Gasteiger partial charge in [0.05, 0.1) is 5.60 Å². The summed E-state index contributed by atoms with van der Waals surface area (Å²) in [7, 11) is 0. The number of rotatable bonds is 3. The van der Waals surface area contributed by atoms with Gasteiger partial charge in [-0.2, -0.15) is 0 Å². The summed E-state index contributed by atoms with van der Waals surface area (Å²) in [5.41, 5.74) is 1.30. The zero-order valence-electron chi connectivity index (χ0n) is 12.0. The number of ether oxygens (including phenoxy) is 1. The molecule has 1 atom stereocenters. The lowest BCUT2D eigenvalue weighted by atomic mass is 9.78. The minimum absolute atomic E-state index is 0.150. The van der Waals surface area contributed by atoms with Crippen molar-refractivity contribution >= 4 is 0 Å². The Morgan fingerprint density at radius 3 is 2.65 bits per heavy atom. The smallest absolute Gasteiger partial charge is 0.123 e. The Morgan fingerprint density at radius 2 is 1.90 bits per heavy atom. The summed E-state index contributed by atoms with van der Waals surface area (Å²) >= 11 is 0. The summed E-state index contributed by atoms with van der Waals surface area (Å²) < 4.78 is 19.0. The quantitative estimate of drug-likeness (QED) is 0.907. The fraction of sp³-hybridized carbons (Fsp3) is 0.647. The maximum Gasteiger partial charge on any atom is 0.123 e. The van der Waals surface area contributed by atoms with Crippen LogP contribution >= 0.6 is 0 Å². The predicted molar refractivity (Wildman–Crippen MR) is 78.0 cm³/mol. The van der Waals surface area contributed by atoms with E-state index in [9.17, 15) is 4.39 Å². The van der Waals surface area contributed by atoms with E-state index >= 15 is 0 Å². The molecular formula is C17H24FNO. The van der Waals surface area contributed by atoms with Crippen LogP contribution in [0.2, 0.25) is 0 Å². The fourth-order valence-corrected chi connectivity index (χ4v) is 3.61. The number of halogens is 1. The van der Waals surface area contributed by atoms with E-state index in [0.717, 1.165) is 31.6 Å². The van der Waals surface area contributed by atoms with Gasteiger partial charge in [-0.15, -0.1) is 0 Å². The van der Waals surface area contributed by atoms with Crippen LogP contribution in [0.5, 0.6) is 0 Å². The molecule has 3 rings (SSSR count). The van der Waals surface area contributed by atoms with Gasteiger partial charge in [-0.25, -0.2) is 4.39 Å². The molecule has 1 unspecified atom stereocenters. The molecule has 1 saturated heterocycles. The second-order valence-corrected chi connectivity index (χ2v) is 6.29. The first-order valence-corrected chi connectivity index (χ1v) is 7.88. The van der Waals surface area contributed by atoms with Gasteiger partial charge in [-0.05, 0) is 43.4 Å². The minimum atomic E-state index is -0.166. The van der Waals surface area contributed by atoms with Crippen molar-refractivity contribution < 1.29 is 9.13 Å². The molecule has 1 saturated carbocycles. The van der Waals surface area contributed by atoms with Gasteiger partial charge in [0.2, 0.25) is 0 Å². The van der Waals surface area contributed by atoms with Gasteiger partial charge in [0, 0.05) is 19.2 Å². The Balaban J connectivity index is 1.53.